The number of benzene rings is 4. The zero-order valence-electron chi connectivity index (χ0n) is 22.6. The van der Waals surface area contributed by atoms with Gasteiger partial charge in [-0.25, -0.2) is 4.99 Å². The Labute approximate surface area is 270 Å². The molecule has 9 heteroatoms. The Balaban J connectivity index is 1.45. The number of aryl methyl sites for hydroxylation is 2. The van der Waals surface area contributed by atoms with Gasteiger partial charge >= 0.3 is 0 Å². The summed E-state index contributed by atoms with van der Waals surface area (Å²) in [6.45, 7) is 4.33. The van der Waals surface area contributed by atoms with E-state index in [1.54, 1.807) is 18.3 Å². The highest BCUT2D eigenvalue weighted by atomic mass is 127. The highest BCUT2D eigenvalue weighted by molar-refractivity contribution is 14.1. The zero-order valence-corrected chi connectivity index (χ0v) is 26.9. The van der Waals surface area contributed by atoms with Crippen LogP contribution in [0.5, 0.6) is 5.75 Å². The highest BCUT2D eigenvalue weighted by Gasteiger charge is 2.23. The SMILES string of the molecule is Cc1ccc(-c2oc(N=Cc3cc(I)c(OCc4ccc([N+](=O)[O-])cc4)c(I)c3)c(C#N)c2-c2ccc(C)cc2)cc1. The van der Waals surface area contributed by atoms with Crippen LogP contribution in [0, 0.1) is 42.4 Å². The van der Waals surface area contributed by atoms with Crippen molar-refractivity contribution in [3.63, 3.8) is 0 Å². The minimum Gasteiger partial charge on any atom is -0.487 e. The van der Waals surface area contributed by atoms with Gasteiger partial charge in [-0.05, 0) is 100.0 Å². The lowest BCUT2D eigenvalue weighted by Crippen LogP contribution is -2.00. The minimum atomic E-state index is -0.425. The van der Waals surface area contributed by atoms with E-state index in [2.05, 4.69) is 56.2 Å². The van der Waals surface area contributed by atoms with E-state index >= 15 is 0 Å². The minimum absolute atomic E-state index is 0.0413. The molecule has 1 heterocycles. The van der Waals surface area contributed by atoms with Crippen molar-refractivity contribution in [1.82, 2.24) is 0 Å². The van der Waals surface area contributed by atoms with Crippen molar-refractivity contribution < 1.29 is 14.1 Å². The van der Waals surface area contributed by atoms with E-state index in [1.165, 1.54) is 12.1 Å². The molecule has 0 amide bonds. The summed E-state index contributed by atoms with van der Waals surface area (Å²) in [6.07, 6.45) is 1.68. The topological polar surface area (TPSA) is 102 Å². The van der Waals surface area contributed by atoms with E-state index in [-0.39, 0.29) is 18.2 Å². The predicted molar refractivity (Wildman–Crippen MR) is 180 cm³/mol. The smallest absolute Gasteiger partial charge is 0.269 e. The molecule has 0 aliphatic heterocycles. The Morgan fingerprint density at radius 3 is 2.05 bits per heavy atom. The van der Waals surface area contributed by atoms with Crippen LogP contribution in [0.3, 0.4) is 0 Å². The van der Waals surface area contributed by atoms with Crippen molar-refractivity contribution in [1.29, 1.82) is 5.26 Å². The molecule has 0 saturated carbocycles. The third kappa shape index (κ3) is 6.55. The molecule has 208 valence electrons. The Morgan fingerprint density at radius 1 is 0.929 bits per heavy atom. The van der Waals surface area contributed by atoms with Gasteiger partial charge in [-0.2, -0.15) is 5.26 Å². The lowest BCUT2D eigenvalue weighted by molar-refractivity contribution is -0.384. The molecule has 0 radical (unpaired) electrons. The average molecular weight is 779 g/mol. The normalized spacial score (nSPS) is 11.0. The van der Waals surface area contributed by atoms with Crippen molar-refractivity contribution in [3.05, 3.63) is 130 Å². The average Bonchev–Trinajstić information content (AvgIpc) is 3.35. The fourth-order valence-electron chi connectivity index (χ4n) is 4.31. The summed E-state index contributed by atoms with van der Waals surface area (Å²) in [5.41, 5.74) is 6.79. The number of halogens is 2. The van der Waals surface area contributed by atoms with Gasteiger partial charge in [-0.3, -0.25) is 10.1 Å². The van der Waals surface area contributed by atoms with Gasteiger partial charge in [0.1, 0.15) is 29.7 Å². The summed E-state index contributed by atoms with van der Waals surface area (Å²) in [7, 11) is 0. The standard InChI is InChI=1S/C33H23I2N3O4/c1-20-3-9-24(10-4-20)30-27(17-36)33(42-31(30)25-11-5-21(2)6-12-25)37-18-23-15-28(34)32(29(35)16-23)41-19-22-7-13-26(14-8-22)38(39)40/h3-16,18H,19H2,1-2H3. The Kier molecular flexibility index (Phi) is 9.03. The van der Waals surface area contributed by atoms with Crippen LogP contribution in [0.2, 0.25) is 0 Å². The summed E-state index contributed by atoms with van der Waals surface area (Å²) < 4.78 is 14.1. The number of rotatable bonds is 8. The monoisotopic (exact) mass is 779 g/mol. The number of nitriles is 1. The van der Waals surface area contributed by atoms with Crippen LogP contribution < -0.4 is 4.74 Å². The number of furan rings is 1. The lowest BCUT2D eigenvalue weighted by atomic mass is 9.97. The second kappa shape index (κ2) is 12.9. The molecular weight excluding hydrogens is 756 g/mol. The highest BCUT2D eigenvalue weighted by Crippen LogP contribution is 2.42. The first-order valence-electron chi connectivity index (χ1n) is 12.8. The number of hydrogen-bond acceptors (Lipinski definition) is 6. The van der Waals surface area contributed by atoms with Crippen LogP contribution in [0.15, 0.2) is 94.3 Å². The lowest BCUT2D eigenvalue weighted by Gasteiger charge is -2.11. The third-order valence-electron chi connectivity index (χ3n) is 6.54. The Morgan fingerprint density at radius 2 is 1.50 bits per heavy atom. The van der Waals surface area contributed by atoms with Crippen molar-refractivity contribution >= 4 is 63.0 Å². The predicted octanol–water partition coefficient (Wildman–Crippen LogP) is 9.55. The van der Waals surface area contributed by atoms with E-state index in [1.807, 2.05) is 74.5 Å². The molecule has 0 spiro atoms. The summed E-state index contributed by atoms with van der Waals surface area (Å²) in [4.78, 5) is 15.1. The zero-order chi connectivity index (χ0) is 29.8. The van der Waals surface area contributed by atoms with Crippen molar-refractivity contribution in [2.24, 2.45) is 4.99 Å². The maximum atomic E-state index is 10.9. The molecule has 5 aromatic rings. The van der Waals surface area contributed by atoms with Crippen LogP contribution in [0.25, 0.3) is 22.5 Å². The number of nitro groups is 1. The number of hydrogen-bond donors (Lipinski definition) is 0. The van der Waals surface area contributed by atoms with E-state index in [4.69, 9.17) is 9.15 Å². The van der Waals surface area contributed by atoms with Gasteiger partial charge in [0, 0.05) is 29.5 Å². The van der Waals surface area contributed by atoms with Gasteiger partial charge in [0.15, 0.2) is 0 Å². The van der Waals surface area contributed by atoms with Gasteiger partial charge in [-0.15, -0.1) is 0 Å². The number of nitro benzene ring substituents is 1. The van der Waals surface area contributed by atoms with Gasteiger partial charge in [0.2, 0.25) is 5.88 Å². The molecular formula is C33H23I2N3O4. The molecule has 0 fully saturated rings. The first-order chi connectivity index (χ1) is 20.2. The molecule has 0 aliphatic carbocycles. The molecule has 5 rings (SSSR count). The quantitative estimate of drug-likeness (QED) is 0.0676. The summed E-state index contributed by atoms with van der Waals surface area (Å²) in [5.74, 6) is 1.56. The molecule has 0 saturated heterocycles. The van der Waals surface area contributed by atoms with Crippen molar-refractivity contribution in [2.75, 3.05) is 0 Å². The van der Waals surface area contributed by atoms with Crippen LogP contribution in [-0.2, 0) is 6.61 Å². The molecule has 0 N–H and O–H groups in total. The summed E-state index contributed by atoms with van der Waals surface area (Å²) in [5, 5.41) is 21.1. The fraction of sp³-hybridized carbons (Fsp3) is 0.0909. The molecule has 0 atom stereocenters. The molecule has 4 aromatic carbocycles. The Bertz CT molecular complexity index is 1810. The van der Waals surface area contributed by atoms with Gasteiger partial charge in [0.25, 0.3) is 5.69 Å². The Hall–Kier alpha value is -4.02. The molecule has 42 heavy (non-hydrogen) atoms. The first kappa shape index (κ1) is 29.5. The van der Waals surface area contributed by atoms with E-state index in [9.17, 15) is 15.4 Å². The molecule has 0 aliphatic rings. The van der Waals surface area contributed by atoms with Crippen LogP contribution in [0.1, 0.15) is 27.8 Å². The van der Waals surface area contributed by atoms with Crippen molar-refractivity contribution in [2.45, 2.75) is 20.5 Å². The summed E-state index contributed by atoms with van der Waals surface area (Å²) in [6, 6.07) is 28.5. The maximum Gasteiger partial charge on any atom is 0.269 e. The van der Waals surface area contributed by atoms with E-state index < -0.39 is 4.92 Å². The first-order valence-corrected chi connectivity index (χ1v) is 15.0. The molecule has 7 nitrogen and oxygen atoms in total. The molecule has 0 bridgehead atoms. The number of nitrogens with zero attached hydrogens (tertiary/aromatic N) is 3. The third-order valence-corrected chi connectivity index (χ3v) is 8.14. The van der Waals surface area contributed by atoms with Gasteiger partial charge < -0.3 is 9.15 Å². The second-order valence-corrected chi connectivity index (χ2v) is 11.9. The van der Waals surface area contributed by atoms with Crippen LogP contribution >= 0.6 is 45.2 Å². The van der Waals surface area contributed by atoms with Crippen LogP contribution in [0.4, 0.5) is 11.6 Å². The largest absolute Gasteiger partial charge is 0.487 e. The molecule has 1 aromatic heterocycles. The van der Waals surface area contributed by atoms with Gasteiger partial charge in [-0.1, -0.05) is 59.7 Å². The number of ether oxygens (including phenoxy) is 1. The number of aliphatic imine (C=N–C) groups is 1. The van der Waals surface area contributed by atoms with Gasteiger partial charge in [0.05, 0.1) is 12.1 Å². The summed E-state index contributed by atoms with van der Waals surface area (Å²) >= 11 is 4.42. The molecule has 0 unspecified atom stereocenters. The van der Waals surface area contributed by atoms with Crippen molar-refractivity contribution in [3.8, 4) is 34.3 Å². The maximum absolute atomic E-state index is 10.9. The second-order valence-electron chi connectivity index (χ2n) is 9.61. The van der Waals surface area contributed by atoms with Crippen LogP contribution in [-0.4, -0.2) is 11.1 Å². The van der Waals surface area contributed by atoms with E-state index in [0.717, 1.165) is 40.5 Å². The van der Waals surface area contributed by atoms with E-state index in [0.29, 0.717) is 22.6 Å². The fourth-order valence-corrected chi connectivity index (χ4v) is 6.44. The number of non-ortho nitro benzene ring substituents is 1.